The molecule has 32 heavy (non-hydrogen) atoms. The first-order valence-electron chi connectivity index (χ1n) is 11.6. The minimum absolute atomic E-state index is 0.0239. The molecule has 3 rings (SSSR count). The second-order valence-corrected chi connectivity index (χ2v) is 17.2. The van der Waals surface area contributed by atoms with Gasteiger partial charge in [0.25, 0.3) is 8.32 Å². The average molecular weight is 470 g/mol. The lowest BCUT2D eigenvalue weighted by atomic mass is 10.2. The summed E-state index contributed by atoms with van der Waals surface area (Å²) in [6.07, 6.45) is 2.99. The minimum atomic E-state index is -2.51. The van der Waals surface area contributed by atoms with Crippen LogP contribution in [0.4, 0.5) is 0 Å². The fourth-order valence-corrected chi connectivity index (χ4v) is 10.00. The highest BCUT2D eigenvalue weighted by Gasteiger charge is 2.52. The van der Waals surface area contributed by atoms with Gasteiger partial charge in [-0.05, 0) is 54.4 Å². The van der Waals surface area contributed by atoms with Crippen LogP contribution in [0.25, 0.3) is 0 Å². The predicted molar refractivity (Wildman–Crippen MR) is 140 cm³/mol. The Hall–Kier alpha value is -1.53. The molecular formula is C27H39NO2SSi. The zero-order valence-electron chi connectivity index (χ0n) is 20.4. The first kappa shape index (κ1) is 25.1. The molecule has 1 aliphatic carbocycles. The second kappa shape index (κ2) is 9.76. The molecule has 1 unspecified atom stereocenters. The third-order valence-corrected chi connectivity index (χ3v) is 13.0. The normalized spacial score (nSPS) is 21.1. The van der Waals surface area contributed by atoms with E-state index >= 15 is 0 Å². The summed E-state index contributed by atoms with van der Waals surface area (Å²) in [6.45, 7) is 17.6. The van der Waals surface area contributed by atoms with E-state index in [0.717, 1.165) is 6.42 Å². The Labute approximate surface area is 198 Å². The highest BCUT2D eigenvalue weighted by Crippen LogP contribution is 2.44. The number of hydrogen-bond acceptors (Lipinski definition) is 2. The van der Waals surface area contributed by atoms with Crippen LogP contribution in [0.1, 0.15) is 48.0 Å². The molecule has 3 nitrogen and oxygen atoms in total. The summed E-state index contributed by atoms with van der Waals surface area (Å²) < 4.78 is 22.7. The zero-order chi connectivity index (χ0) is 23.6. The van der Waals surface area contributed by atoms with Crippen LogP contribution in [-0.4, -0.2) is 29.9 Å². The maximum Gasteiger partial charge on any atom is 0.261 e. The van der Waals surface area contributed by atoms with Crippen molar-refractivity contribution in [2.24, 2.45) is 11.8 Å². The molecule has 4 atom stereocenters. The molecule has 174 valence electrons. The Balaban J connectivity index is 1.84. The molecule has 1 N–H and O–H groups in total. The smallest absolute Gasteiger partial charge is 0.261 e. The van der Waals surface area contributed by atoms with Crippen molar-refractivity contribution in [3.63, 3.8) is 0 Å². The Bertz CT molecular complexity index is 879. The van der Waals surface area contributed by atoms with Gasteiger partial charge in [-0.1, -0.05) is 87.5 Å². The third kappa shape index (κ3) is 5.33. The summed E-state index contributed by atoms with van der Waals surface area (Å²) >= 11 is 0. The Kier molecular flexibility index (Phi) is 7.65. The molecule has 0 aliphatic heterocycles. The standard InChI is InChI=1S/C27H39NO2SSi/c1-8-25(28-31(29)26(2,3)4)24-19-21(24)20-30-32(27(5,6)7,22-15-11-9-12-16-22)23-17-13-10-14-18-23/h8-18,21,24-25,28H,1,19-20H2,2-7H3/t21-,24-,25-,31?/m1/s1. The van der Waals surface area contributed by atoms with Crippen molar-refractivity contribution in [3.05, 3.63) is 73.3 Å². The van der Waals surface area contributed by atoms with Crippen LogP contribution in [0.2, 0.25) is 5.04 Å². The Morgan fingerprint density at radius 2 is 1.53 bits per heavy atom. The number of nitrogens with one attached hydrogen (secondary N) is 1. The van der Waals surface area contributed by atoms with Crippen LogP contribution in [-0.2, 0) is 15.4 Å². The molecule has 0 bridgehead atoms. The second-order valence-electron chi connectivity index (χ2n) is 10.9. The summed E-state index contributed by atoms with van der Waals surface area (Å²) in [5.41, 5.74) is 0. The fourth-order valence-electron chi connectivity index (χ4n) is 4.51. The van der Waals surface area contributed by atoms with Gasteiger partial charge >= 0.3 is 0 Å². The van der Waals surface area contributed by atoms with E-state index in [0.29, 0.717) is 18.4 Å². The lowest BCUT2D eigenvalue weighted by Crippen LogP contribution is -2.66. The van der Waals surface area contributed by atoms with Crippen LogP contribution >= 0.6 is 0 Å². The summed E-state index contributed by atoms with van der Waals surface area (Å²) in [4.78, 5) is 0. The maximum absolute atomic E-state index is 12.6. The molecule has 0 aromatic heterocycles. The molecule has 0 radical (unpaired) electrons. The van der Waals surface area contributed by atoms with Gasteiger partial charge in [0.2, 0.25) is 0 Å². The summed E-state index contributed by atoms with van der Waals surface area (Å²) in [6, 6.07) is 21.6. The van der Waals surface area contributed by atoms with Crippen LogP contribution in [0, 0.1) is 11.8 Å². The molecular weight excluding hydrogens is 430 g/mol. The van der Waals surface area contributed by atoms with Gasteiger partial charge in [-0.2, -0.15) is 0 Å². The third-order valence-electron chi connectivity index (χ3n) is 6.42. The van der Waals surface area contributed by atoms with Crippen molar-refractivity contribution in [1.29, 1.82) is 0 Å². The van der Waals surface area contributed by atoms with Crippen molar-refractivity contribution in [1.82, 2.24) is 4.72 Å². The lowest BCUT2D eigenvalue weighted by Gasteiger charge is -2.43. The van der Waals surface area contributed by atoms with Crippen molar-refractivity contribution >= 4 is 29.7 Å². The molecule has 2 aromatic rings. The molecule has 0 heterocycles. The number of hydrogen-bond donors (Lipinski definition) is 1. The average Bonchev–Trinajstić information content (AvgIpc) is 3.51. The molecule has 0 spiro atoms. The van der Waals surface area contributed by atoms with Gasteiger partial charge in [-0.3, -0.25) is 0 Å². The van der Waals surface area contributed by atoms with Crippen LogP contribution in [0.15, 0.2) is 73.3 Å². The van der Waals surface area contributed by atoms with E-state index in [4.69, 9.17) is 4.43 Å². The van der Waals surface area contributed by atoms with E-state index in [2.05, 4.69) is 92.7 Å². The molecule has 0 amide bonds. The molecule has 5 heteroatoms. The van der Waals surface area contributed by atoms with Gasteiger partial charge in [0.1, 0.15) is 0 Å². The SMILES string of the molecule is C=C[C@@H](NS(=O)C(C)(C)C)[C@@H]1C[C@@H]1CO[Si](c1ccccc1)(c1ccccc1)C(C)(C)C. The monoisotopic (exact) mass is 469 g/mol. The summed E-state index contributed by atoms with van der Waals surface area (Å²) in [7, 11) is -3.63. The van der Waals surface area contributed by atoms with Crippen LogP contribution in [0.5, 0.6) is 0 Å². The van der Waals surface area contributed by atoms with Crippen molar-refractivity contribution in [3.8, 4) is 0 Å². The summed E-state index contributed by atoms with van der Waals surface area (Å²) in [5, 5.41) is 2.59. The molecule has 0 saturated heterocycles. The van der Waals surface area contributed by atoms with Crippen molar-refractivity contribution < 1.29 is 8.63 Å². The van der Waals surface area contributed by atoms with E-state index in [-0.39, 0.29) is 15.8 Å². The van der Waals surface area contributed by atoms with Crippen LogP contribution in [0.3, 0.4) is 0 Å². The Morgan fingerprint density at radius 3 is 1.94 bits per heavy atom. The molecule has 2 aromatic carbocycles. The van der Waals surface area contributed by atoms with Gasteiger partial charge in [0.15, 0.2) is 0 Å². The van der Waals surface area contributed by atoms with Gasteiger partial charge < -0.3 is 4.43 Å². The van der Waals surface area contributed by atoms with Crippen molar-refractivity contribution in [2.75, 3.05) is 6.61 Å². The van der Waals surface area contributed by atoms with Gasteiger partial charge in [-0.15, -0.1) is 6.58 Å². The topological polar surface area (TPSA) is 38.3 Å². The Morgan fingerprint density at radius 1 is 1.03 bits per heavy atom. The molecule has 1 aliphatic rings. The van der Waals surface area contributed by atoms with E-state index in [1.165, 1.54) is 10.4 Å². The maximum atomic E-state index is 12.6. The van der Waals surface area contributed by atoms with E-state index in [1.807, 2.05) is 26.8 Å². The predicted octanol–water partition coefficient (Wildman–Crippen LogP) is 4.81. The van der Waals surface area contributed by atoms with Gasteiger partial charge in [0.05, 0.1) is 15.7 Å². The number of benzene rings is 2. The van der Waals surface area contributed by atoms with Gasteiger partial charge in [0, 0.05) is 12.6 Å². The highest BCUT2D eigenvalue weighted by molar-refractivity contribution is 7.84. The minimum Gasteiger partial charge on any atom is -0.407 e. The largest absolute Gasteiger partial charge is 0.407 e. The zero-order valence-corrected chi connectivity index (χ0v) is 22.2. The van der Waals surface area contributed by atoms with Gasteiger partial charge in [-0.25, -0.2) is 8.93 Å². The van der Waals surface area contributed by atoms with E-state index in [1.54, 1.807) is 0 Å². The molecule has 1 fully saturated rings. The van der Waals surface area contributed by atoms with Crippen molar-refractivity contribution in [2.45, 2.75) is 63.8 Å². The first-order chi connectivity index (χ1) is 15.0. The van der Waals surface area contributed by atoms with E-state index in [9.17, 15) is 4.21 Å². The fraction of sp³-hybridized carbons (Fsp3) is 0.481. The van der Waals surface area contributed by atoms with Crippen LogP contribution < -0.4 is 15.1 Å². The highest BCUT2D eigenvalue weighted by atomic mass is 32.2. The summed E-state index contributed by atoms with van der Waals surface area (Å²) in [5.74, 6) is 0.862. The molecule has 1 saturated carbocycles. The lowest BCUT2D eigenvalue weighted by molar-refractivity contribution is 0.271. The quantitative estimate of drug-likeness (QED) is 0.423. The number of rotatable bonds is 9. The van der Waals surface area contributed by atoms with E-state index < -0.39 is 19.3 Å². The first-order valence-corrected chi connectivity index (χ1v) is 14.6.